The van der Waals surface area contributed by atoms with E-state index in [0.717, 1.165) is 18.9 Å². The molecule has 1 aromatic carbocycles. The summed E-state index contributed by atoms with van der Waals surface area (Å²) >= 11 is 0. The smallest absolute Gasteiger partial charge is 0.202 e. The first-order valence-electron chi connectivity index (χ1n) is 7.29. The molecule has 1 saturated carbocycles. The Labute approximate surface area is 129 Å². The summed E-state index contributed by atoms with van der Waals surface area (Å²) in [7, 11) is 1.22. The van der Waals surface area contributed by atoms with Gasteiger partial charge in [-0.1, -0.05) is 0 Å². The number of carbonyl (C=O) groups excluding carboxylic acids is 1. The molecule has 0 N–H and O–H groups in total. The minimum absolute atomic E-state index is 0.0449. The number of epoxide rings is 1. The van der Waals surface area contributed by atoms with Crippen LogP contribution in [-0.2, 0) is 4.74 Å². The predicted molar refractivity (Wildman–Crippen MR) is 77.0 cm³/mol. The van der Waals surface area contributed by atoms with Crippen LogP contribution in [-0.4, -0.2) is 30.2 Å². The minimum atomic E-state index is -1.18. The van der Waals surface area contributed by atoms with Gasteiger partial charge in [0.1, 0.15) is 6.10 Å². The molecule has 1 aliphatic carbocycles. The lowest BCUT2D eigenvalue weighted by atomic mass is 10.1. The van der Waals surface area contributed by atoms with Crippen LogP contribution in [0.1, 0.15) is 29.2 Å². The molecule has 2 fully saturated rings. The van der Waals surface area contributed by atoms with Crippen molar-refractivity contribution in [3.63, 3.8) is 0 Å². The van der Waals surface area contributed by atoms with Crippen LogP contribution in [0.3, 0.4) is 0 Å². The first-order chi connectivity index (χ1) is 11.0. The van der Waals surface area contributed by atoms with Crippen LogP contribution in [0.4, 0.5) is 8.78 Å². The van der Waals surface area contributed by atoms with E-state index in [4.69, 9.17) is 9.47 Å². The normalized spacial score (nSPS) is 19.9. The van der Waals surface area contributed by atoms with Gasteiger partial charge in [-0.2, -0.15) is 4.39 Å². The molecule has 2 aliphatic rings. The number of ketones is 1. The van der Waals surface area contributed by atoms with E-state index in [1.807, 2.05) is 0 Å². The molecule has 2 heterocycles. The number of carbonyl (C=O) groups is 1. The molecule has 7 heteroatoms. The van der Waals surface area contributed by atoms with E-state index in [-0.39, 0.29) is 34.9 Å². The second-order valence-corrected chi connectivity index (χ2v) is 5.80. The van der Waals surface area contributed by atoms with Crippen molar-refractivity contribution in [2.24, 2.45) is 0 Å². The highest BCUT2D eigenvalue weighted by Gasteiger charge is 2.36. The van der Waals surface area contributed by atoms with Crippen molar-refractivity contribution in [1.29, 1.82) is 0 Å². The summed E-state index contributed by atoms with van der Waals surface area (Å²) in [4.78, 5) is 24.8. The summed E-state index contributed by atoms with van der Waals surface area (Å²) < 4.78 is 39.4. The van der Waals surface area contributed by atoms with Gasteiger partial charge in [0, 0.05) is 12.2 Å². The van der Waals surface area contributed by atoms with Crippen LogP contribution >= 0.6 is 0 Å². The summed E-state index contributed by atoms with van der Waals surface area (Å²) in [6.07, 6.45) is 2.49. The SMILES string of the molecule is COc1c(F)c(F)cc2c(=O)c(C(=O)C3CO3)cn(C3CC3)c12. The number of methoxy groups -OCH3 is 1. The molecular formula is C16H13F2NO4. The van der Waals surface area contributed by atoms with Gasteiger partial charge in [0.05, 0.1) is 30.2 Å². The summed E-state index contributed by atoms with van der Waals surface area (Å²) in [6.45, 7) is 0.279. The second kappa shape index (κ2) is 4.86. The number of rotatable bonds is 4. The number of fused-ring (bicyclic) bond motifs is 1. The first kappa shape index (κ1) is 14.3. The first-order valence-corrected chi connectivity index (χ1v) is 7.29. The number of hydrogen-bond donors (Lipinski definition) is 0. The van der Waals surface area contributed by atoms with Crippen LogP contribution in [0.5, 0.6) is 5.75 Å². The fourth-order valence-electron chi connectivity index (χ4n) is 2.81. The standard InChI is InChI=1S/C16H13F2NO4/c1-22-16-12(18)10(17)4-8-13(16)19(7-2-3-7)5-9(14(8)20)15(21)11-6-23-11/h4-5,7,11H,2-3,6H2,1H3. The van der Waals surface area contributed by atoms with E-state index in [0.29, 0.717) is 0 Å². The highest BCUT2D eigenvalue weighted by molar-refractivity contribution is 6.03. The van der Waals surface area contributed by atoms with Gasteiger partial charge in [-0.25, -0.2) is 4.39 Å². The Morgan fingerprint density at radius 2 is 2.09 bits per heavy atom. The third-order valence-corrected chi connectivity index (χ3v) is 4.20. The predicted octanol–water partition coefficient (Wildman–Crippen LogP) is 2.20. The summed E-state index contributed by atoms with van der Waals surface area (Å²) in [5.74, 6) is -3.06. The van der Waals surface area contributed by atoms with Gasteiger partial charge < -0.3 is 14.0 Å². The Balaban J connectivity index is 2.09. The minimum Gasteiger partial charge on any atom is -0.491 e. The Morgan fingerprint density at radius 1 is 1.39 bits per heavy atom. The number of aromatic nitrogens is 1. The summed E-state index contributed by atoms with van der Waals surface area (Å²) in [5, 5.41) is -0.0563. The lowest BCUT2D eigenvalue weighted by molar-refractivity contribution is 0.0952. The zero-order valence-electron chi connectivity index (χ0n) is 12.3. The highest BCUT2D eigenvalue weighted by Crippen LogP contribution is 2.40. The molecule has 1 unspecified atom stereocenters. The van der Waals surface area contributed by atoms with E-state index in [2.05, 4.69) is 0 Å². The fourth-order valence-corrected chi connectivity index (χ4v) is 2.81. The van der Waals surface area contributed by atoms with Crippen molar-refractivity contribution in [1.82, 2.24) is 4.57 Å². The molecule has 23 heavy (non-hydrogen) atoms. The second-order valence-electron chi connectivity index (χ2n) is 5.80. The van der Waals surface area contributed by atoms with Gasteiger partial charge in [0.25, 0.3) is 0 Å². The van der Waals surface area contributed by atoms with Crippen molar-refractivity contribution in [2.45, 2.75) is 25.0 Å². The number of halogens is 2. The molecule has 0 spiro atoms. The van der Waals surface area contributed by atoms with Gasteiger partial charge in [-0.3, -0.25) is 9.59 Å². The molecule has 4 rings (SSSR count). The van der Waals surface area contributed by atoms with Crippen LogP contribution < -0.4 is 10.2 Å². The zero-order valence-corrected chi connectivity index (χ0v) is 12.3. The van der Waals surface area contributed by atoms with Gasteiger partial charge in [0.15, 0.2) is 17.3 Å². The van der Waals surface area contributed by atoms with Crippen LogP contribution in [0.25, 0.3) is 10.9 Å². The Kier molecular flexibility index (Phi) is 3.02. The molecule has 0 bridgehead atoms. The fraction of sp³-hybridized carbons (Fsp3) is 0.375. The number of Topliss-reactive ketones (excluding diaryl/α,β-unsaturated/α-hetero) is 1. The molecule has 120 valence electrons. The van der Waals surface area contributed by atoms with Crippen LogP contribution in [0.2, 0.25) is 0 Å². The van der Waals surface area contributed by atoms with E-state index in [9.17, 15) is 18.4 Å². The summed E-state index contributed by atoms with van der Waals surface area (Å²) in [6, 6.07) is 0.877. The average Bonchev–Trinajstić information content (AvgIpc) is 3.40. The van der Waals surface area contributed by atoms with E-state index in [1.165, 1.54) is 13.3 Å². The quantitative estimate of drug-likeness (QED) is 0.640. The summed E-state index contributed by atoms with van der Waals surface area (Å²) in [5.41, 5.74) is -0.498. The molecule has 2 aromatic rings. The largest absolute Gasteiger partial charge is 0.491 e. The molecule has 1 aliphatic heterocycles. The number of benzene rings is 1. The maximum Gasteiger partial charge on any atom is 0.202 e. The van der Waals surface area contributed by atoms with Crippen molar-refractivity contribution in [3.8, 4) is 5.75 Å². The molecule has 0 radical (unpaired) electrons. The van der Waals surface area contributed by atoms with E-state index in [1.54, 1.807) is 4.57 Å². The van der Waals surface area contributed by atoms with Crippen molar-refractivity contribution in [2.75, 3.05) is 13.7 Å². The number of nitrogens with zero attached hydrogens (tertiary/aromatic N) is 1. The maximum absolute atomic E-state index is 14.0. The molecule has 1 aromatic heterocycles. The van der Waals surface area contributed by atoms with E-state index < -0.39 is 29.0 Å². The topological polar surface area (TPSA) is 60.8 Å². The third kappa shape index (κ3) is 2.15. The molecular weight excluding hydrogens is 308 g/mol. The number of hydrogen-bond acceptors (Lipinski definition) is 4. The van der Waals surface area contributed by atoms with Gasteiger partial charge in [-0.15, -0.1) is 0 Å². The van der Waals surface area contributed by atoms with Crippen LogP contribution in [0, 0.1) is 11.6 Å². The van der Waals surface area contributed by atoms with Crippen molar-refractivity contribution in [3.05, 3.63) is 39.7 Å². The number of pyridine rings is 1. The van der Waals surface area contributed by atoms with Gasteiger partial charge in [-0.05, 0) is 18.9 Å². The Morgan fingerprint density at radius 3 is 2.65 bits per heavy atom. The highest BCUT2D eigenvalue weighted by atomic mass is 19.2. The average molecular weight is 321 g/mol. The van der Waals surface area contributed by atoms with Gasteiger partial charge in [0.2, 0.25) is 11.2 Å². The van der Waals surface area contributed by atoms with Gasteiger partial charge >= 0.3 is 0 Å². The monoisotopic (exact) mass is 321 g/mol. The van der Waals surface area contributed by atoms with Crippen LogP contribution in [0.15, 0.2) is 17.1 Å². The molecule has 1 saturated heterocycles. The van der Waals surface area contributed by atoms with Crippen molar-refractivity contribution >= 4 is 16.7 Å². The Hall–Kier alpha value is -2.28. The molecule has 5 nitrogen and oxygen atoms in total. The molecule has 1 atom stereocenters. The third-order valence-electron chi connectivity index (χ3n) is 4.20. The lowest BCUT2D eigenvalue weighted by Crippen LogP contribution is -2.22. The van der Waals surface area contributed by atoms with E-state index >= 15 is 0 Å². The van der Waals surface area contributed by atoms with Crippen molar-refractivity contribution < 1.29 is 23.0 Å². The Bertz CT molecular complexity index is 897. The number of ether oxygens (including phenoxy) is 2. The lowest BCUT2D eigenvalue weighted by Gasteiger charge is -2.15. The molecule has 0 amide bonds. The zero-order chi connectivity index (χ0) is 16.3. The maximum atomic E-state index is 14.0.